The first-order valence-corrected chi connectivity index (χ1v) is 5.01. The van der Waals surface area contributed by atoms with Gasteiger partial charge in [0.1, 0.15) is 5.69 Å². The lowest BCUT2D eigenvalue weighted by molar-refractivity contribution is -0.384. The number of nitrogens with zero attached hydrogens (tertiary/aromatic N) is 2. The first-order valence-electron chi connectivity index (χ1n) is 5.01. The molecule has 6 nitrogen and oxygen atoms in total. The fourth-order valence-electron chi connectivity index (χ4n) is 1.74. The summed E-state index contributed by atoms with van der Waals surface area (Å²) < 4.78 is 0. The molecule has 0 fully saturated rings. The van der Waals surface area contributed by atoms with Gasteiger partial charge in [0.2, 0.25) is 0 Å². The Balaban J connectivity index is 2.44. The first kappa shape index (κ1) is 11.1. The summed E-state index contributed by atoms with van der Waals surface area (Å²) >= 11 is 0. The van der Waals surface area contributed by atoms with Gasteiger partial charge in [-0.3, -0.25) is 10.1 Å². The topological polar surface area (TPSA) is 83.7 Å². The molecule has 1 aromatic carbocycles. The van der Waals surface area contributed by atoms with Crippen LogP contribution < -0.4 is 4.90 Å². The predicted octanol–water partition coefficient (Wildman–Crippen LogP) is 1.67. The molecule has 0 unspecified atom stereocenters. The van der Waals surface area contributed by atoms with Crippen molar-refractivity contribution in [3.05, 3.63) is 46.0 Å². The van der Waals surface area contributed by atoms with E-state index in [4.69, 9.17) is 5.11 Å². The minimum absolute atomic E-state index is 0.0763. The molecule has 2 rings (SSSR count). The lowest BCUT2D eigenvalue weighted by atomic mass is 10.1. The van der Waals surface area contributed by atoms with Crippen molar-refractivity contribution in [2.75, 3.05) is 18.0 Å². The van der Waals surface area contributed by atoms with Crippen LogP contribution in [0.2, 0.25) is 0 Å². The lowest BCUT2D eigenvalue weighted by Gasteiger charge is -2.17. The molecule has 0 saturated carbocycles. The van der Waals surface area contributed by atoms with E-state index in [1.54, 1.807) is 0 Å². The van der Waals surface area contributed by atoms with E-state index < -0.39 is 10.9 Å². The highest BCUT2D eigenvalue weighted by molar-refractivity contribution is 5.89. The van der Waals surface area contributed by atoms with Crippen LogP contribution in [0, 0.1) is 10.1 Å². The van der Waals surface area contributed by atoms with Crippen LogP contribution in [0.3, 0.4) is 0 Å². The van der Waals surface area contributed by atoms with E-state index in [9.17, 15) is 14.9 Å². The number of nitro groups is 1. The number of nitro benzene ring substituents is 1. The Morgan fingerprint density at radius 1 is 1.35 bits per heavy atom. The van der Waals surface area contributed by atoms with E-state index in [-0.39, 0.29) is 11.3 Å². The van der Waals surface area contributed by atoms with Crippen LogP contribution in [0.15, 0.2) is 30.4 Å². The Bertz CT molecular complexity index is 502. The molecule has 1 aliphatic heterocycles. The van der Waals surface area contributed by atoms with Gasteiger partial charge in [-0.05, 0) is 12.1 Å². The zero-order chi connectivity index (χ0) is 12.4. The monoisotopic (exact) mass is 234 g/mol. The Morgan fingerprint density at radius 3 is 2.53 bits per heavy atom. The number of carbonyl (C=O) groups is 1. The highest BCUT2D eigenvalue weighted by Crippen LogP contribution is 2.30. The fourth-order valence-corrected chi connectivity index (χ4v) is 1.74. The van der Waals surface area contributed by atoms with Crippen LogP contribution in [0.1, 0.15) is 10.4 Å². The standard InChI is InChI=1S/C11H10N2O4/c14-11(15)8-3-4-9(10(7-8)13(16)17)12-5-1-2-6-12/h1-4,7H,5-6H2,(H,14,15). The maximum Gasteiger partial charge on any atom is 0.335 e. The summed E-state index contributed by atoms with van der Waals surface area (Å²) in [7, 11) is 0. The van der Waals surface area contributed by atoms with Crippen molar-refractivity contribution >= 4 is 17.3 Å². The number of benzene rings is 1. The molecule has 1 aromatic rings. The summed E-state index contributed by atoms with van der Waals surface area (Å²) in [5.41, 5.74) is 0.200. The van der Waals surface area contributed by atoms with Crippen molar-refractivity contribution in [3.63, 3.8) is 0 Å². The van der Waals surface area contributed by atoms with E-state index in [1.807, 2.05) is 17.1 Å². The van der Waals surface area contributed by atoms with Crippen LogP contribution in [0.25, 0.3) is 0 Å². The second-order valence-electron chi connectivity index (χ2n) is 3.64. The third kappa shape index (κ3) is 2.10. The van der Waals surface area contributed by atoms with Crippen LogP contribution in [0.4, 0.5) is 11.4 Å². The molecule has 0 radical (unpaired) electrons. The second kappa shape index (κ2) is 4.25. The Kier molecular flexibility index (Phi) is 2.78. The number of anilines is 1. The largest absolute Gasteiger partial charge is 0.478 e. The summed E-state index contributed by atoms with van der Waals surface area (Å²) in [6.07, 6.45) is 3.82. The third-order valence-electron chi connectivity index (χ3n) is 2.58. The summed E-state index contributed by atoms with van der Waals surface area (Å²) in [4.78, 5) is 22.9. The van der Waals surface area contributed by atoms with Gasteiger partial charge in [-0.25, -0.2) is 4.79 Å². The summed E-state index contributed by atoms with van der Waals surface area (Å²) in [5, 5.41) is 19.7. The van der Waals surface area contributed by atoms with E-state index in [0.717, 1.165) is 6.07 Å². The Morgan fingerprint density at radius 2 is 2.00 bits per heavy atom. The van der Waals surface area contributed by atoms with Crippen molar-refractivity contribution in [1.29, 1.82) is 0 Å². The van der Waals surface area contributed by atoms with Crippen molar-refractivity contribution in [1.82, 2.24) is 0 Å². The summed E-state index contributed by atoms with van der Waals surface area (Å²) in [6, 6.07) is 3.95. The Labute approximate surface area is 96.9 Å². The first-order chi connectivity index (χ1) is 8.09. The molecule has 17 heavy (non-hydrogen) atoms. The highest BCUT2D eigenvalue weighted by atomic mass is 16.6. The molecule has 0 spiro atoms. The molecular weight excluding hydrogens is 224 g/mol. The quantitative estimate of drug-likeness (QED) is 0.488. The molecule has 1 aliphatic rings. The van der Waals surface area contributed by atoms with Crippen LogP contribution in [-0.4, -0.2) is 29.1 Å². The van der Waals surface area contributed by atoms with Gasteiger partial charge in [-0.2, -0.15) is 0 Å². The summed E-state index contributed by atoms with van der Waals surface area (Å²) in [5.74, 6) is -1.17. The molecular formula is C11H10N2O4. The SMILES string of the molecule is O=C(O)c1ccc(N2CC=CC2)c([N+](=O)[O-])c1. The number of hydrogen-bond donors (Lipinski definition) is 1. The molecule has 0 aliphatic carbocycles. The van der Waals surface area contributed by atoms with Gasteiger partial charge in [-0.1, -0.05) is 12.2 Å². The number of rotatable bonds is 3. The fraction of sp³-hybridized carbons (Fsp3) is 0.182. The normalized spacial score (nSPS) is 14.0. The van der Waals surface area contributed by atoms with E-state index in [2.05, 4.69) is 0 Å². The zero-order valence-electron chi connectivity index (χ0n) is 8.87. The number of carboxylic acid groups (broad SMARTS) is 1. The number of carboxylic acids is 1. The van der Waals surface area contributed by atoms with Crippen molar-refractivity contribution in [3.8, 4) is 0 Å². The van der Waals surface area contributed by atoms with Crippen LogP contribution in [0.5, 0.6) is 0 Å². The molecule has 88 valence electrons. The summed E-state index contributed by atoms with van der Waals surface area (Å²) in [6.45, 7) is 1.21. The van der Waals surface area contributed by atoms with Crippen molar-refractivity contribution in [2.45, 2.75) is 0 Å². The lowest BCUT2D eigenvalue weighted by Crippen LogP contribution is -2.20. The predicted molar refractivity (Wildman–Crippen MR) is 61.4 cm³/mol. The van der Waals surface area contributed by atoms with E-state index >= 15 is 0 Å². The van der Waals surface area contributed by atoms with Crippen LogP contribution >= 0.6 is 0 Å². The minimum atomic E-state index is -1.17. The van der Waals surface area contributed by atoms with Gasteiger partial charge in [0, 0.05) is 19.2 Å². The maximum atomic E-state index is 10.9. The molecule has 1 heterocycles. The molecule has 0 bridgehead atoms. The molecule has 1 N–H and O–H groups in total. The van der Waals surface area contributed by atoms with Gasteiger partial charge in [0.15, 0.2) is 0 Å². The third-order valence-corrected chi connectivity index (χ3v) is 2.58. The molecule has 0 amide bonds. The molecule has 0 saturated heterocycles. The number of aromatic carboxylic acids is 1. The Hall–Kier alpha value is -2.37. The minimum Gasteiger partial charge on any atom is -0.478 e. The average molecular weight is 234 g/mol. The molecule has 6 heteroatoms. The molecule has 0 aromatic heterocycles. The van der Waals surface area contributed by atoms with Gasteiger partial charge in [0.05, 0.1) is 10.5 Å². The highest BCUT2D eigenvalue weighted by Gasteiger charge is 2.21. The van der Waals surface area contributed by atoms with Crippen molar-refractivity contribution in [2.24, 2.45) is 0 Å². The van der Waals surface area contributed by atoms with Gasteiger partial charge < -0.3 is 10.0 Å². The van der Waals surface area contributed by atoms with Gasteiger partial charge in [-0.15, -0.1) is 0 Å². The molecule has 0 atom stereocenters. The van der Waals surface area contributed by atoms with Crippen molar-refractivity contribution < 1.29 is 14.8 Å². The number of hydrogen-bond acceptors (Lipinski definition) is 4. The average Bonchev–Trinajstić information content (AvgIpc) is 2.81. The smallest absolute Gasteiger partial charge is 0.335 e. The van der Waals surface area contributed by atoms with Crippen LogP contribution in [-0.2, 0) is 0 Å². The second-order valence-corrected chi connectivity index (χ2v) is 3.64. The van der Waals surface area contributed by atoms with Gasteiger partial charge >= 0.3 is 5.97 Å². The zero-order valence-corrected chi connectivity index (χ0v) is 8.87. The maximum absolute atomic E-state index is 10.9. The van der Waals surface area contributed by atoms with E-state index in [0.29, 0.717) is 18.8 Å². The van der Waals surface area contributed by atoms with Gasteiger partial charge in [0.25, 0.3) is 5.69 Å². The van der Waals surface area contributed by atoms with E-state index in [1.165, 1.54) is 12.1 Å².